The number of hydrogen-bond donors (Lipinski definition) is 0. The Balaban J connectivity index is 2.85. The van der Waals surface area contributed by atoms with Crippen molar-refractivity contribution in [1.29, 1.82) is 0 Å². The fraction of sp³-hybridized carbons (Fsp3) is 0.364. The summed E-state index contributed by atoms with van der Waals surface area (Å²) >= 11 is 5.78. The van der Waals surface area contributed by atoms with Gasteiger partial charge in [-0.1, -0.05) is 17.7 Å². The lowest BCUT2D eigenvalue weighted by Gasteiger charge is -2.04. The average Bonchev–Trinajstić information content (AvgIpc) is 2.17. The largest absolute Gasteiger partial charge is 0.294 e. The van der Waals surface area contributed by atoms with E-state index in [4.69, 9.17) is 11.6 Å². The van der Waals surface area contributed by atoms with Gasteiger partial charge >= 0.3 is 0 Å². The number of Topliss-reactive ketones (excluding diaryl/α,β-unsaturated/α-hetero) is 1. The topological polar surface area (TPSA) is 51.2 Å². The predicted molar refractivity (Wildman–Crippen MR) is 64.8 cm³/mol. The molecule has 1 aromatic carbocycles. The minimum Gasteiger partial charge on any atom is -0.294 e. The van der Waals surface area contributed by atoms with Crippen LogP contribution in [-0.4, -0.2) is 26.2 Å². The van der Waals surface area contributed by atoms with E-state index in [1.165, 1.54) is 0 Å². The molecule has 0 radical (unpaired) electrons. The third-order valence-corrected chi connectivity index (χ3v) is 3.38. The van der Waals surface area contributed by atoms with Crippen molar-refractivity contribution in [3.05, 3.63) is 34.3 Å². The summed E-state index contributed by atoms with van der Waals surface area (Å²) < 4.78 is 21.9. The molecule has 16 heavy (non-hydrogen) atoms. The maximum Gasteiger partial charge on any atom is 0.164 e. The van der Waals surface area contributed by atoms with Crippen LogP contribution in [0.2, 0.25) is 5.02 Å². The molecule has 0 fully saturated rings. The van der Waals surface area contributed by atoms with Gasteiger partial charge in [0.05, 0.1) is 5.75 Å². The molecule has 0 amide bonds. The van der Waals surface area contributed by atoms with E-state index in [-0.39, 0.29) is 18.0 Å². The summed E-state index contributed by atoms with van der Waals surface area (Å²) in [6.07, 6.45) is 1.12. The minimum absolute atomic E-state index is 0.0000154. The third kappa shape index (κ3) is 3.94. The maximum absolute atomic E-state index is 11.7. The highest BCUT2D eigenvalue weighted by Crippen LogP contribution is 2.17. The second-order valence-corrected chi connectivity index (χ2v) is 6.46. The van der Waals surface area contributed by atoms with E-state index < -0.39 is 9.84 Å². The standard InChI is InChI=1S/C11H13ClO3S/c1-8-3-4-9(12)7-10(8)11(13)5-6-16(2,14)15/h3-4,7H,5-6H2,1-2H3. The van der Waals surface area contributed by atoms with Gasteiger partial charge in [0.1, 0.15) is 9.84 Å². The van der Waals surface area contributed by atoms with Crippen molar-refractivity contribution in [2.45, 2.75) is 13.3 Å². The van der Waals surface area contributed by atoms with Crippen molar-refractivity contribution >= 4 is 27.2 Å². The van der Waals surface area contributed by atoms with E-state index in [1.807, 2.05) is 0 Å². The molecule has 0 atom stereocenters. The molecule has 0 aromatic heterocycles. The Morgan fingerprint density at radius 3 is 2.56 bits per heavy atom. The molecule has 0 N–H and O–H groups in total. The van der Waals surface area contributed by atoms with Crippen molar-refractivity contribution in [2.75, 3.05) is 12.0 Å². The molecular formula is C11H13ClO3S. The van der Waals surface area contributed by atoms with Crippen LogP contribution in [0.15, 0.2) is 18.2 Å². The summed E-state index contributed by atoms with van der Waals surface area (Å²) in [5, 5.41) is 0.480. The molecule has 1 aromatic rings. The zero-order valence-electron chi connectivity index (χ0n) is 9.16. The first kappa shape index (κ1) is 13.2. The Kier molecular flexibility index (Phi) is 4.10. The average molecular weight is 261 g/mol. The van der Waals surface area contributed by atoms with Gasteiger partial charge < -0.3 is 0 Å². The molecule has 3 nitrogen and oxygen atoms in total. The number of aryl methyl sites for hydroxylation is 1. The van der Waals surface area contributed by atoms with Crippen molar-refractivity contribution < 1.29 is 13.2 Å². The summed E-state index contributed by atoms with van der Waals surface area (Å²) in [5.41, 5.74) is 1.30. The van der Waals surface area contributed by atoms with E-state index >= 15 is 0 Å². The summed E-state index contributed by atoms with van der Waals surface area (Å²) in [5.74, 6) is -0.317. The van der Waals surface area contributed by atoms with Gasteiger partial charge in [0.25, 0.3) is 0 Å². The highest BCUT2D eigenvalue weighted by molar-refractivity contribution is 7.90. The second-order valence-electron chi connectivity index (χ2n) is 3.76. The van der Waals surface area contributed by atoms with Crippen molar-refractivity contribution in [1.82, 2.24) is 0 Å². The van der Waals surface area contributed by atoms with Gasteiger partial charge in [0.15, 0.2) is 5.78 Å². The monoisotopic (exact) mass is 260 g/mol. The summed E-state index contributed by atoms with van der Waals surface area (Å²) in [7, 11) is -3.10. The number of benzene rings is 1. The molecule has 1 rings (SSSR count). The highest BCUT2D eigenvalue weighted by Gasteiger charge is 2.12. The SMILES string of the molecule is Cc1ccc(Cl)cc1C(=O)CCS(C)(=O)=O. The molecule has 0 saturated heterocycles. The molecule has 0 heterocycles. The van der Waals surface area contributed by atoms with Crippen molar-refractivity contribution in [3.8, 4) is 0 Å². The Morgan fingerprint density at radius 2 is 2.00 bits per heavy atom. The van der Waals surface area contributed by atoms with Gasteiger partial charge in [-0.3, -0.25) is 4.79 Å². The summed E-state index contributed by atoms with van der Waals surface area (Å²) in [6.45, 7) is 1.80. The van der Waals surface area contributed by atoms with Crippen LogP contribution < -0.4 is 0 Å². The normalized spacial score (nSPS) is 11.4. The lowest BCUT2D eigenvalue weighted by molar-refractivity contribution is 0.0988. The molecule has 0 aliphatic heterocycles. The molecule has 0 aliphatic rings. The van der Waals surface area contributed by atoms with Gasteiger partial charge in [-0.25, -0.2) is 8.42 Å². The van der Waals surface area contributed by atoms with E-state index in [9.17, 15) is 13.2 Å². The predicted octanol–water partition coefficient (Wildman–Crippen LogP) is 2.27. The molecular weight excluding hydrogens is 248 g/mol. The third-order valence-electron chi connectivity index (χ3n) is 2.20. The van der Waals surface area contributed by atoms with Crippen LogP contribution in [-0.2, 0) is 9.84 Å². The molecule has 0 spiro atoms. The van der Waals surface area contributed by atoms with Gasteiger partial charge in [-0.05, 0) is 24.6 Å². The molecule has 0 bridgehead atoms. The van der Waals surface area contributed by atoms with Gasteiger partial charge in [0.2, 0.25) is 0 Å². The lowest BCUT2D eigenvalue weighted by Crippen LogP contribution is -2.10. The Morgan fingerprint density at radius 1 is 1.38 bits per heavy atom. The first-order valence-electron chi connectivity index (χ1n) is 4.76. The number of rotatable bonds is 4. The fourth-order valence-corrected chi connectivity index (χ4v) is 2.04. The zero-order valence-corrected chi connectivity index (χ0v) is 10.7. The van der Waals surface area contributed by atoms with E-state index in [1.54, 1.807) is 25.1 Å². The zero-order chi connectivity index (χ0) is 12.3. The number of carbonyl (C=O) groups excluding carboxylic acids is 1. The molecule has 0 unspecified atom stereocenters. The first-order chi connectivity index (χ1) is 7.29. The Labute approximate surface area is 100 Å². The molecule has 0 saturated carbocycles. The van der Waals surface area contributed by atoms with Crippen LogP contribution in [0.4, 0.5) is 0 Å². The van der Waals surface area contributed by atoms with Crippen LogP contribution >= 0.6 is 11.6 Å². The summed E-state index contributed by atoms with van der Waals surface area (Å²) in [4.78, 5) is 11.7. The van der Waals surface area contributed by atoms with Crippen molar-refractivity contribution in [3.63, 3.8) is 0 Å². The highest BCUT2D eigenvalue weighted by atomic mass is 35.5. The van der Waals surface area contributed by atoms with Crippen LogP contribution in [0.5, 0.6) is 0 Å². The van der Waals surface area contributed by atoms with Crippen LogP contribution in [0.1, 0.15) is 22.3 Å². The quantitative estimate of drug-likeness (QED) is 0.781. The van der Waals surface area contributed by atoms with Crippen LogP contribution in [0.25, 0.3) is 0 Å². The summed E-state index contributed by atoms with van der Waals surface area (Å²) in [6, 6.07) is 5.02. The number of halogens is 1. The van der Waals surface area contributed by atoms with E-state index in [2.05, 4.69) is 0 Å². The van der Waals surface area contributed by atoms with Crippen LogP contribution in [0.3, 0.4) is 0 Å². The lowest BCUT2D eigenvalue weighted by atomic mass is 10.0. The molecule has 0 aliphatic carbocycles. The van der Waals surface area contributed by atoms with Crippen molar-refractivity contribution in [2.24, 2.45) is 0 Å². The second kappa shape index (κ2) is 4.97. The van der Waals surface area contributed by atoms with Gasteiger partial charge in [-0.15, -0.1) is 0 Å². The van der Waals surface area contributed by atoms with Gasteiger partial charge in [0, 0.05) is 23.3 Å². The Hall–Kier alpha value is -0.870. The van der Waals surface area contributed by atoms with E-state index in [0.29, 0.717) is 10.6 Å². The number of carbonyl (C=O) groups is 1. The fourth-order valence-electron chi connectivity index (χ4n) is 1.31. The smallest absolute Gasteiger partial charge is 0.164 e. The van der Waals surface area contributed by atoms with Gasteiger partial charge in [-0.2, -0.15) is 0 Å². The maximum atomic E-state index is 11.7. The molecule has 88 valence electrons. The minimum atomic E-state index is -3.10. The van der Waals surface area contributed by atoms with E-state index in [0.717, 1.165) is 11.8 Å². The first-order valence-corrected chi connectivity index (χ1v) is 7.20. The Bertz CT molecular complexity index is 506. The van der Waals surface area contributed by atoms with Crippen LogP contribution in [0, 0.1) is 6.92 Å². The number of hydrogen-bond acceptors (Lipinski definition) is 3. The number of ketones is 1. The molecule has 5 heteroatoms. The number of sulfone groups is 1.